The maximum absolute atomic E-state index is 3.67. The lowest BCUT2D eigenvalue weighted by atomic mass is 9.80. The summed E-state index contributed by atoms with van der Waals surface area (Å²) in [7, 11) is 0. The summed E-state index contributed by atoms with van der Waals surface area (Å²) in [4.78, 5) is 3.67. The quantitative estimate of drug-likeness (QED) is 0.579. The number of hydrogen-bond donors (Lipinski definition) is 1. The molecule has 1 N–H and O–H groups in total. The van der Waals surface area contributed by atoms with Crippen LogP contribution in [-0.2, 0) is 0 Å². The molecule has 21 heavy (non-hydrogen) atoms. The number of aromatic amines is 1. The monoisotopic (exact) mass is 269 g/mol. The van der Waals surface area contributed by atoms with Gasteiger partial charge in [-0.3, -0.25) is 0 Å². The minimum absolute atomic E-state index is 0.450. The predicted molar refractivity (Wildman–Crippen MR) is 89.3 cm³/mol. The molecular weight excluding hydrogens is 254 g/mol. The van der Waals surface area contributed by atoms with Crippen molar-refractivity contribution in [3.05, 3.63) is 78.0 Å². The highest BCUT2D eigenvalue weighted by atomic mass is 14.7. The molecule has 0 aliphatic heterocycles. The Morgan fingerprint density at radius 3 is 2.57 bits per heavy atom. The van der Waals surface area contributed by atoms with Gasteiger partial charge in [-0.05, 0) is 22.9 Å². The van der Waals surface area contributed by atoms with Gasteiger partial charge < -0.3 is 4.98 Å². The largest absolute Gasteiger partial charge is 0.357 e. The number of H-pyrrole nitrogens is 1. The van der Waals surface area contributed by atoms with Gasteiger partial charge in [0.2, 0.25) is 0 Å². The summed E-state index contributed by atoms with van der Waals surface area (Å²) >= 11 is 0. The number of aromatic nitrogens is 1. The van der Waals surface area contributed by atoms with Crippen LogP contribution in [0.5, 0.6) is 0 Å². The Hall–Kier alpha value is -2.54. The van der Waals surface area contributed by atoms with Crippen LogP contribution in [0.25, 0.3) is 27.8 Å². The molecule has 0 fully saturated rings. The molecule has 2 aliphatic carbocycles. The van der Waals surface area contributed by atoms with Crippen LogP contribution in [0.3, 0.4) is 0 Å². The summed E-state index contributed by atoms with van der Waals surface area (Å²) < 4.78 is 0. The first-order valence-corrected chi connectivity index (χ1v) is 7.48. The van der Waals surface area contributed by atoms with Gasteiger partial charge in [0.1, 0.15) is 0 Å². The standard InChI is InChI=1S/C20H15N/c1-2-7-15-12-19-18(11-14(15)6-1)17-10-9-13-5-3-4-8-16(13)20(17)21-19/h1-13,16,21H. The van der Waals surface area contributed by atoms with E-state index in [1.807, 2.05) is 0 Å². The number of benzene rings is 2. The van der Waals surface area contributed by atoms with Crippen molar-refractivity contribution >= 4 is 27.8 Å². The number of allylic oxidation sites excluding steroid dienone is 5. The Morgan fingerprint density at radius 2 is 1.67 bits per heavy atom. The fourth-order valence-electron chi connectivity index (χ4n) is 3.67. The Labute approximate surface area is 123 Å². The van der Waals surface area contributed by atoms with E-state index in [-0.39, 0.29) is 0 Å². The van der Waals surface area contributed by atoms with Crippen LogP contribution in [-0.4, -0.2) is 4.98 Å². The van der Waals surface area contributed by atoms with Gasteiger partial charge in [0.15, 0.2) is 0 Å². The van der Waals surface area contributed by atoms with Crippen molar-refractivity contribution in [1.29, 1.82) is 0 Å². The van der Waals surface area contributed by atoms with Gasteiger partial charge in [0.25, 0.3) is 0 Å². The van der Waals surface area contributed by atoms with E-state index in [1.54, 1.807) is 0 Å². The van der Waals surface area contributed by atoms with Crippen LogP contribution in [0.2, 0.25) is 0 Å². The predicted octanol–water partition coefficient (Wildman–Crippen LogP) is 5.17. The first-order chi connectivity index (χ1) is 10.4. The molecule has 0 spiro atoms. The Morgan fingerprint density at radius 1 is 0.857 bits per heavy atom. The summed E-state index contributed by atoms with van der Waals surface area (Å²) in [5.41, 5.74) is 3.96. The Kier molecular flexibility index (Phi) is 2.12. The molecule has 0 saturated carbocycles. The molecule has 2 aliphatic rings. The number of fused-ring (bicyclic) bond motifs is 6. The molecule has 2 atom stereocenters. The SMILES string of the molecule is C1=CC2C=Cc3c([nH]c4cc5ccccc5cc34)C2C=C1. The Bertz CT molecular complexity index is 953. The first-order valence-electron chi connectivity index (χ1n) is 7.48. The van der Waals surface area contributed by atoms with E-state index < -0.39 is 0 Å². The van der Waals surface area contributed by atoms with Crippen LogP contribution < -0.4 is 0 Å². The second-order valence-electron chi connectivity index (χ2n) is 5.93. The highest BCUT2D eigenvalue weighted by Crippen LogP contribution is 2.41. The van der Waals surface area contributed by atoms with Crippen molar-refractivity contribution in [1.82, 2.24) is 4.98 Å². The normalized spacial score (nSPS) is 22.7. The zero-order chi connectivity index (χ0) is 13.8. The molecule has 3 aromatic rings. The molecule has 1 heterocycles. The van der Waals surface area contributed by atoms with Gasteiger partial charge in [0, 0.05) is 34.0 Å². The minimum Gasteiger partial charge on any atom is -0.357 e. The number of rotatable bonds is 0. The third-order valence-corrected chi connectivity index (χ3v) is 4.73. The fourth-order valence-corrected chi connectivity index (χ4v) is 3.67. The van der Waals surface area contributed by atoms with E-state index in [2.05, 4.69) is 77.8 Å². The van der Waals surface area contributed by atoms with Gasteiger partial charge in [-0.1, -0.05) is 60.7 Å². The third-order valence-electron chi connectivity index (χ3n) is 4.73. The van der Waals surface area contributed by atoms with Gasteiger partial charge in [-0.2, -0.15) is 0 Å². The van der Waals surface area contributed by atoms with E-state index in [1.165, 1.54) is 32.9 Å². The first kappa shape index (κ1) is 11.2. The fraction of sp³-hybridized carbons (Fsp3) is 0.100. The van der Waals surface area contributed by atoms with Crippen LogP contribution in [0.4, 0.5) is 0 Å². The molecule has 1 heteroatoms. The summed E-state index contributed by atoms with van der Waals surface area (Å²) in [6.07, 6.45) is 13.5. The van der Waals surface area contributed by atoms with E-state index in [9.17, 15) is 0 Å². The summed E-state index contributed by atoms with van der Waals surface area (Å²) in [6, 6.07) is 13.2. The molecule has 0 radical (unpaired) electrons. The highest BCUT2D eigenvalue weighted by molar-refractivity contribution is 6.01. The zero-order valence-electron chi connectivity index (χ0n) is 11.6. The lowest BCUT2D eigenvalue weighted by molar-refractivity contribution is 0.678. The lowest BCUT2D eigenvalue weighted by Gasteiger charge is -2.24. The topological polar surface area (TPSA) is 15.8 Å². The molecule has 1 nitrogen and oxygen atoms in total. The van der Waals surface area contributed by atoms with Crippen LogP contribution >= 0.6 is 0 Å². The molecule has 5 rings (SSSR count). The molecule has 0 saturated heterocycles. The van der Waals surface area contributed by atoms with Crippen LogP contribution in [0.1, 0.15) is 17.2 Å². The van der Waals surface area contributed by atoms with Crippen molar-refractivity contribution in [2.75, 3.05) is 0 Å². The van der Waals surface area contributed by atoms with Crippen LogP contribution in [0, 0.1) is 5.92 Å². The maximum atomic E-state index is 3.67. The molecule has 1 aromatic heterocycles. The van der Waals surface area contributed by atoms with Crippen molar-refractivity contribution in [3.8, 4) is 0 Å². The van der Waals surface area contributed by atoms with E-state index in [0.717, 1.165) is 0 Å². The van der Waals surface area contributed by atoms with Crippen LogP contribution in [0.15, 0.2) is 66.8 Å². The van der Waals surface area contributed by atoms with E-state index in [4.69, 9.17) is 0 Å². The third kappa shape index (κ3) is 1.52. The van der Waals surface area contributed by atoms with Crippen molar-refractivity contribution < 1.29 is 0 Å². The van der Waals surface area contributed by atoms with Gasteiger partial charge in [-0.15, -0.1) is 0 Å². The maximum Gasteiger partial charge on any atom is 0.0468 e. The highest BCUT2D eigenvalue weighted by Gasteiger charge is 2.26. The average Bonchev–Trinajstić information content (AvgIpc) is 2.90. The summed E-state index contributed by atoms with van der Waals surface area (Å²) in [6.45, 7) is 0. The van der Waals surface area contributed by atoms with E-state index >= 15 is 0 Å². The number of hydrogen-bond acceptors (Lipinski definition) is 0. The van der Waals surface area contributed by atoms with Crippen molar-refractivity contribution in [3.63, 3.8) is 0 Å². The smallest absolute Gasteiger partial charge is 0.0468 e. The van der Waals surface area contributed by atoms with Gasteiger partial charge in [-0.25, -0.2) is 0 Å². The van der Waals surface area contributed by atoms with E-state index in [0.29, 0.717) is 11.8 Å². The van der Waals surface area contributed by atoms with Crippen molar-refractivity contribution in [2.45, 2.75) is 5.92 Å². The van der Waals surface area contributed by atoms with Gasteiger partial charge >= 0.3 is 0 Å². The second-order valence-corrected chi connectivity index (χ2v) is 5.93. The minimum atomic E-state index is 0.450. The zero-order valence-corrected chi connectivity index (χ0v) is 11.6. The molecule has 0 bridgehead atoms. The molecular formula is C20H15N. The lowest BCUT2D eigenvalue weighted by Crippen LogP contribution is -2.12. The molecule has 2 aromatic carbocycles. The average molecular weight is 269 g/mol. The molecule has 2 unspecified atom stereocenters. The molecule has 100 valence electrons. The summed E-state index contributed by atoms with van der Waals surface area (Å²) in [5.74, 6) is 0.940. The Balaban J connectivity index is 1.83. The number of nitrogens with one attached hydrogen (secondary N) is 1. The molecule has 0 amide bonds. The second kappa shape index (κ2) is 3.98. The van der Waals surface area contributed by atoms with Crippen molar-refractivity contribution in [2.24, 2.45) is 5.92 Å². The summed E-state index contributed by atoms with van der Waals surface area (Å²) in [5, 5.41) is 3.94. The van der Waals surface area contributed by atoms with Gasteiger partial charge in [0.05, 0.1) is 0 Å².